The van der Waals surface area contributed by atoms with Crippen LogP contribution in [0, 0.1) is 0 Å². The Hall–Kier alpha value is -1.71. The summed E-state index contributed by atoms with van der Waals surface area (Å²) in [5.74, 6) is -0.418. The minimum Gasteiger partial charge on any atom is -0.387 e. The van der Waals surface area contributed by atoms with Crippen molar-refractivity contribution in [2.75, 3.05) is 31.4 Å². The third-order valence-corrected chi connectivity index (χ3v) is 2.05. The Kier molecular flexibility index (Phi) is 2.96. The summed E-state index contributed by atoms with van der Waals surface area (Å²) in [7, 11) is 5.59. The Morgan fingerprint density at radius 3 is 2.50 bits per heavy atom. The number of carbonyl (C=O) groups is 1. The highest BCUT2D eigenvalue weighted by molar-refractivity contribution is 5.99. The van der Waals surface area contributed by atoms with Crippen molar-refractivity contribution in [3.8, 4) is 0 Å². The predicted octanol–water partition coefficient (Wildman–Crippen LogP) is 0.893. The number of hydrogen-bond donors (Lipinski definition) is 2. The molecular weight excluding hydrogens is 178 g/mol. The van der Waals surface area contributed by atoms with Gasteiger partial charge in [0.25, 0.3) is 5.91 Å². The second kappa shape index (κ2) is 4.00. The normalized spacial score (nSPS) is 9.64. The number of rotatable bonds is 3. The molecule has 1 aromatic rings. The van der Waals surface area contributed by atoms with E-state index >= 15 is 0 Å². The molecule has 1 amide bonds. The second-order valence-corrected chi connectivity index (χ2v) is 3.24. The van der Waals surface area contributed by atoms with Crippen molar-refractivity contribution in [1.29, 1.82) is 0 Å². The van der Waals surface area contributed by atoms with Gasteiger partial charge in [-0.05, 0) is 18.2 Å². The van der Waals surface area contributed by atoms with E-state index in [0.717, 1.165) is 11.4 Å². The lowest BCUT2D eigenvalue weighted by Crippen LogP contribution is -2.15. The number of hydrogen-bond acceptors (Lipinski definition) is 3. The molecule has 4 heteroatoms. The highest BCUT2D eigenvalue weighted by Gasteiger charge is 2.08. The van der Waals surface area contributed by atoms with E-state index in [-0.39, 0.29) is 0 Å². The summed E-state index contributed by atoms with van der Waals surface area (Å²) >= 11 is 0. The van der Waals surface area contributed by atoms with E-state index in [1.807, 2.05) is 31.1 Å². The topological polar surface area (TPSA) is 58.4 Å². The monoisotopic (exact) mass is 193 g/mol. The van der Waals surface area contributed by atoms with Crippen LogP contribution in [0.2, 0.25) is 0 Å². The van der Waals surface area contributed by atoms with Gasteiger partial charge in [0.05, 0.1) is 5.56 Å². The minimum atomic E-state index is -0.418. The van der Waals surface area contributed by atoms with Crippen LogP contribution in [-0.2, 0) is 0 Å². The Morgan fingerprint density at radius 2 is 2.07 bits per heavy atom. The van der Waals surface area contributed by atoms with E-state index in [1.165, 1.54) is 0 Å². The Labute approximate surface area is 83.7 Å². The van der Waals surface area contributed by atoms with Gasteiger partial charge in [0, 0.05) is 32.5 Å². The maximum Gasteiger partial charge on any atom is 0.250 e. The molecule has 0 heterocycles. The van der Waals surface area contributed by atoms with Crippen molar-refractivity contribution < 1.29 is 4.79 Å². The molecule has 14 heavy (non-hydrogen) atoms. The van der Waals surface area contributed by atoms with Crippen LogP contribution < -0.4 is 16.0 Å². The molecule has 0 aliphatic heterocycles. The number of primary amides is 1. The number of amides is 1. The minimum absolute atomic E-state index is 0.418. The number of benzene rings is 1. The van der Waals surface area contributed by atoms with E-state index < -0.39 is 5.91 Å². The number of anilines is 2. The second-order valence-electron chi connectivity index (χ2n) is 3.24. The molecule has 0 radical (unpaired) electrons. The zero-order valence-corrected chi connectivity index (χ0v) is 8.66. The van der Waals surface area contributed by atoms with Crippen molar-refractivity contribution in [3.63, 3.8) is 0 Å². The number of nitrogens with two attached hydrogens (primary N) is 1. The third kappa shape index (κ3) is 1.96. The van der Waals surface area contributed by atoms with Gasteiger partial charge in [0.2, 0.25) is 0 Å². The molecule has 0 bridgehead atoms. The highest BCUT2D eigenvalue weighted by atomic mass is 16.1. The number of carbonyl (C=O) groups excluding carboxylic acids is 1. The molecule has 0 saturated carbocycles. The number of nitrogens with zero attached hydrogens (tertiary/aromatic N) is 1. The fourth-order valence-corrected chi connectivity index (χ4v) is 1.23. The largest absolute Gasteiger partial charge is 0.387 e. The Balaban J connectivity index is 3.21. The molecule has 0 atom stereocenters. The quantitative estimate of drug-likeness (QED) is 0.749. The van der Waals surface area contributed by atoms with Crippen LogP contribution in [-0.4, -0.2) is 27.1 Å². The molecule has 0 fully saturated rings. The predicted molar refractivity (Wildman–Crippen MR) is 58.8 cm³/mol. The average molecular weight is 193 g/mol. The highest BCUT2D eigenvalue weighted by Crippen LogP contribution is 2.21. The van der Waals surface area contributed by atoms with Gasteiger partial charge in [-0.2, -0.15) is 0 Å². The van der Waals surface area contributed by atoms with Crippen LogP contribution in [0.15, 0.2) is 18.2 Å². The number of nitrogens with one attached hydrogen (secondary N) is 1. The smallest absolute Gasteiger partial charge is 0.250 e. The van der Waals surface area contributed by atoms with Crippen molar-refractivity contribution in [1.82, 2.24) is 0 Å². The molecule has 0 aromatic heterocycles. The summed E-state index contributed by atoms with van der Waals surface area (Å²) in [6.45, 7) is 0. The maximum atomic E-state index is 11.1. The van der Waals surface area contributed by atoms with E-state index in [2.05, 4.69) is 5.32 Å². The summed E-state index contributed by atoms with van der Waals surface area (Å²) in [5, 5.41) is 2.92. The summed E-state index contributed by atoms with van der Waals surface area (Å²) < 4.78 is 0. The first-order valence-electron chi connectivity index (χ1n) is 4.35. The van der Waals surface area contributed by atoms with Crippen molar-refractivity contribution in [3.05, 3.63) is 23.8 Å². The molecule has 3 N–H and O–H groups in total. The Bertz CT molecular complexity index is 347. The molecule has 0 unspecified atom stereocenters. The van der Waals surface area contributed by atoms with E-state index in [9.17, 15) is 4.79 Å². The van der Waals surface area contributed by atoms with E-state index in [1.54, 1.807) is 13.1 Å². The molecule has 1 rings (SSSR count). The fraction of sp³-hybridized carbons (Fsp3) is 0.300. The molecule has 4 nitrogen and oxygen atoms in total. The van der Waals surface area contributed by atoms with Gasteiger partial charge in [-0.15, -0.1) is 0 Å². The molecule has 0 spiro atoms. The van der Waals surface area contributed by atoms with Crippen LogP contribution in [0.4, 0.5) is 11.4 Å². The first-order chi connectivity index (χ1) is 6.56. The summed E-state index contributed by atoms with van der Waals surface area (Å²) in [5.41, 5.74) is 7.48. The van der Waals surface area contributed by atoms with Gasteiger partial charge < -0.3 is 16.0 Å². The molecule has 76 valence electrons. The first kappa shape index (κ1) is 10.4. The average Bonchev–Trinajstić information content (AvgIpc) is 2.16. The summed E-state index contributed by atoms with van der Waals surface area (Å²) in [4.78, 5) is 13.0. The lowest BCUT2D eigenvalue weighted by atomic mass is 10.1. The van der Waals surface area contributed by atoms with Crippen LogP contribution in [0.3, 0.4) is 0 Å². The van der Waals surface area contributed by atoms with Crippen LogP contribution >= 0.6 is 0 Å². The maximum absolute atomic E-state index is 11.1. The van der Waals surface area contributed by atoms with Gasteiger partial charge >= 0.3 is 0 Å². The molecule has 0 aliphatic rings. The van der Waals surface area contributed by atoms with E-state index in [0.29, 0.717) is 5.56 Å². The SMILES string of the molecule is CNc1ccc(N(C)C)cc1C(N)=O. The van der Waals surface area contributed by atoms with Gasteiger partial charge in [-0.25, -0.2) is 0 Å². The van der Waals surface area contributed by atoms with Crippen LogP contribution in [0.25, 0.3) is 0 Å². The van der Waals surface area contributed by atoms with E-state index in [4.69, 9.17) is 5.73 Å². The van der Waals surface area contributed by atoms with Crippen LogP contribution in [0.1, 0.15) is 10.4 Å². The summed E-state index contributed by atoms with van der Waals surface area (Å²) in [6.07, 6.45) is 0. The van der Waals surface area contributed by atoms with Gasteiger partial charge in [-0.1, -0.05) is 0 Å². The molecule has 0 saturated heterocycles. The first-order valence-corrected chi connectivity index (χ1v) is 4.35. The van der Waals surface area contributed by atoms with Crippen molar-refractivity contribution in [2.24, 2.45) is 5.73 Å². The summed E-state index contributed by atoms with van der Waals surface area (Å²) in [6, 6.07) is 5.54. The molecule has 0 aliphatic carbocycles. The van der Waals surface area contributed by atoms with Gasteiger partial charge in [0.15, 0.2) is 0 Å². The Morgan fingerprint density at radius 1 is 1.43 bits per heavy atom. The zero-order valence-electron chi connectivity index (χ0n) is 8.66. The van der Waals surface area contributed by atoms with Crippen molar-refractivity contribution in [2.45, 2.75) is 0 Å². The van der Waals surface area contributed by atoms with Crippen LogP contribution in [0.5, 0.6) is 0 Å². The molecule has 1 aromatic carbocycles. The zero-order chi connectivity index (χ0) is 10.7. The third-order valence-electron chi connectivity index (χ3n) is 2.05. The standard InChI is InChI=1S/C10H15N3O/c1-12-9-5-4-7(13(2)3)6-8(9)10(11)14/h4-6,12H,1-3H3,(H2,11,14). The van der Waals surface area contributed by atoms with Crippen molar-refractivity contribution >= 4 is 17.3 Å². The fourth-order valence-electron chi connectivity index (χ4n) is 1.23. The molecular formula is C10H15N3O. The van der Waals surface area contributed by atoms with Gasteiger partial charge in [0.1, 0.15) is 0 Å². The lowest BCUT2D eigenvalue weighted by Gasteiger charge is -2.15. The van der Waals surface area contributed by atoms with Gasteiger partial charge in [-0.3, -0.25) is 4.79 Å². The lowest BCUT2D eigenvalue weighted by molar-refractivity contribution is 0.100.